The third-order valence-electron chi connectivity index (χ3n) is 5.85. The van der Waals surface area contributed by atoms with Gasteiger partial charge in [-0.15, -0.1) is 0 Å². The number of nitrogens with zero attached hydrogens (tertiary/aromatic N) is 1. The summed E-state index contributed by atoms with van der Waals surface area (Å²) in [6, 6.07) is 18.7. The number of morpholine rings is 1. The highest BCUT2D eigenvalue weighted by molar-refractivity contribution is 5.88. The molecule has 5 nitrogen and oxygen atoms in total. The summed E-state index contributed by atoms with van der Waals surface area (Å²) in [5.74, 6) is 0.00606. The van der Waals surface area contributed by atoms with Gasteiger partial charge in [0, 0.05) is 25.4 Å². The fraction of sp³-hybridized carbons (Fsp3) is 0.440. The number of rotatable bonds is 7. The Morgan fingerprint density at radius 1 is 1.10 bits per heavy atom. The summed E-state index contributed by atoms with van der Waals surface area (Å²) < 4.78 is 6.16. The molecule has 5 heteroatoms. The van der Waals surface area contributed by atoms with Crippen molar-refractivity contribution in [3.8, 4) is 11.1 Å². The minimum absolute atomic E-state index is 0.0934. The first kappa shape index (κ1) is 20.6. The van der Waals surface area contributed by atoms with E-state index in [-0.39, 0.29) is 17.9 Å². The normalized spacial score (nSPS) is 21.3. The van der Waals surface area contributed by atoms with Crippen molar-refractivity contribution < 1.29 is 14.3 Å². The molecule has 2 aromatic carbocycles. The Morgan fingerprint density at radius 2 is 1.87 bits per heavy atom. The Morgan fingerprint density at radius 3 is 2.60 bits per heavy atom. The van der Waals surface area contributed by atoms with E-state index in [4.69, 9.17) is 4.74 Å². The molecule has 158 valence electrons. The van der Waals surface area contributed by atoms with Crippen LogP contribution in [0, 0.1) is 0 Å². The van der Waals surface area contributed by atoms with Crippen LogP contribution in [0.25, 0.3) is 11.1 Å². The molecule has 0 spiro atoms. The monoisotopic (exact) mass is 406 g/mol. The Hall–Kier alpha value is -2.66. The molecule has 1 N–H and O–H groups in total. The van der Waals surface area contributed by atoms with Crippen LogP contribution in [0.2, 0.25) is 0 Å². The lowest BCUT2D eigenvalue weighted by atomic mass is 9.89. The fourth-order valence-electron chi connectivity index (χ4n) is 4.06. The van der Waals surface area contributed by atoms with Gasteiger partial charge in [-0.2, -0.15) is 0 Å². The predicted octanol–water partition coefficient (Wildman–Crippen LogP) is 3.57. The van der Waals surface area contributed by atoms with Gasteiger partial charge in [-0.3, -0.25) is 9.59 Å². The first-order valence-corrected chi connectivity index (χ1v) is 11.0. The quantitative estimate of drug-likeness (QED) is 0.765. The van der Waals surface area contributed by atoms with Crippen molar-refractivity contribution >= 4 is 11.8 Å². The first-order valence-electron chi connectivity index (χ1n) is 11.0. The first-order chi connectivity index (χ1) is 14.6. The van der Waals surface area contributed by atoms with Crippen LogP contribution < -0.4 is 5.32 Å². The van der Waals surface area contributed by atoms with Crippen LogP contribution in [0.4, 0.5) is 0 Å². The zero-order chi connectivity index (χ0) is 21.0. The van der Waals surface area contributed by atoms with Gasteiger partial charge in [0.05, 0.1) is 13.2 Å². The molecule has 1 atom stereocenters. The van der Waals surface area contributed by atoms with E-state index in [1.54, 1.807) is 4.90 Å². The maximum Gasteiger partial charge on any atom is 0.254 e. The molecular weight excluding hydrogens is 376 g/mol. The molecule has 1 saturated carbocycles. The summed E-state index contributed by atoms with van der Waals surface area (Å²) in [5, 5.41) is 3.12. The molecule has 2 amide bonds. The van der Waals surface area contributed by atoms with Crippen molar-refractivity contribution in [1.82, 2.24) is 10.2 Å². The number of ether oxygens (including phenoxy) is 1. The van der Waals surface area contributed by atoms with Crippen LogP contribution in [0.5, 0.6) is 0 Å². The van der Waals surface area contributed by atoms with Crippen LogP contribution >= 0.6 is 0 Å². The molecule has 4 rings (SSSR count). The summed E-state index contributed by atoms with van der Waals surface area (Å²) in [6.45, 7) is 3.23. The van der Waals surface area contributed by atoms with E-state index in [0.717, 1.165) is 36.0 Å². The molecular formula is C25H30N2O3. The van der Waals surface area contributed by atoms with Gasteiger partial charge in [0.1, 0.15) is 0 Å². The maximum absolute atomic E-state index is 13.3. The van der Waals surface area contributed by atoms with Crippen molar-refractivity contribution in [3.05, 3.63) is 60.2 Å². The van der Waals surface area contributed by atoms with E-state index in [9.17, 15) is 9.59 Å². The Kier molecular flexibility index (Phi) is 6.18. The van der Waals surface area contributed by atoms with Crippen molar-refractivity contribution in [1.29, 1.82) is 0 Å². The average Bonchev–Trinajstić information content (AvgIpc) is 3.59. The SMILES string of the molecule is CCCC(=O)N1CCO[C@](Cc2cccc(-c3ccccc3)c2)(C(=O)NC2CC2)C1. The molecule has 2 aliphatic rings. The number of hydrogen-bond acceptors (Lipinski definition) is 3. The minimum Gasteiger partial charge on any atom is -0.361 e. The molecule has 1 aliphatic heterocycles. The number of carbonyl (C=O) groups excluding carboxylic acids is 2. The summed E-state index contributed by atoms with van der Waals surface area (Å²) in [6.07, 6.45) is 3.79. The average molecular weight is 407 g/mol. The molecule has 0 aromatic heterocycles. The number of benzene rings is 2. The van der Waals surface area contributed by atoms with Crippen molar-refractivity contribution in [2.45, 2.75) is 50.7 Å². The number of carbonyl (C=O) groups is 2. The second-order valence-electron chi connectivity index (χ2n) is 8.40. The molecule has 2 aromatic rings. The molecule has 1 saturated heterocycles. The van der Waals surface area contributed by atoms with Crippen LogP contribution in [-0.4, -0.2) is 48.1 Å². The largest absolute Gasteiger partial charge is 0.361 e. The van der Waals surface area contributed by atoms with Crippen molar-refractivity contribution in [3.63, 3.8) is 0 Å². The predicted molar refractivity (Wildman–Crippen MR) is 117 cm³/mol. The summed E-state index contributed by atoms with van der Waals surface area (Å²) in [5.41, 5.74) is 2.24. The van der Waals surface area contributed by atoms with E-state index in [2.05, 4.69) is 29.6 Å². The highest BCUT2D eigenvalue weighted by Gasteiger charge is 2.46. The Labute approximate surface area is 178 Å². The van der Waals surface area contributed by atoms with Crippen LogP contribution in [0.3, 0.4) is 0 Å². The van der Waals surface area contributed by atoms with E-state index in [1.807, 2.05) is 37.3 Å². The molecule has 2 fully saturated rings. The third kappa shape index (κ3) is 4.73. The zero-order valence-electron chi connectivity index (χ0n) is 17.6. The highest BCUT2D eigenvalue weighted by Crippen LogP contribution is 2.29. The lowest BCUT2D eigenvalue weighted by molar-refractivity contribution is -0.166. The third-order valence-corrected chi connectivity index (χ3v) is 5.85. The van der Waals surface area contributed by atoms with E-state index >= 15 is 0 Å². The molecule has 0 unspecified atom stereocenters. The lowest BCUT2D eigenvalue weighted by Gasteiger charge is -2.42. The van der Waals surface area contributed by atoms with Gasteiger partial charge in [-0.05, 0) is 36.0 Å². The number of hydrogen-bond donors (Lipinski definition) is 1. The van der Waals surface area contributed by atoms with E-state index in [0.29, 0.717) is 32.5 Å². The molecule has 0 radical (unpaired) electrons. The highest BCUT2D eigenvalue weighted by atomic mass is 16.5. The summed E-state index contributed by atoms with van der Waals surface area (Å²) >= 11 is 0. The molecule has 30 heavy (non-hydrogen) atoms. The lowest BCUT2D eigenvalue weighted by Crippen LogP contribution is -2.62. The fourth-order valence-corrected chi connectivity index (χ4v) is 4.06. The number of amides is 2. The number of nitrogens with one attached hydrogen (secondary N) is 1. The standard InChI is InChI=1S/C25H30N2O3/c1-2-7-23(28)27-14-15-30-25(18-27,24(29)26-22-12-13-22)17-19-8-6-11-21(16-19)20-9-4-3-5-10-20/h3-6,8-11,16,22H,2,7,12-15,17-18H2,1H3,(H,26,29)/t25-/m0/s1. The van der Waals surface area contributed by atoms with Crippen molar-refractivity contribution in [2.75, 3.05) is 19.7 Å². The van der Waals surface area contributed by atoms with Gasteiger partial charge in [-0.25, -0.2) is 0 Å². The molecule has 1 aliphatic carbocycles. The van der Waals surface area contributed by atoms with Crippen LogP contribution in [0.15, 0.2) is 54.6 Å². The van der Waals surface area contributed by atoms with Crippen LogP contribution in [0.1, 0.15) is 38.2 Å². The summed E-state index contributed by atoms with van der Waals surface area (Å²) in [7, 11) is 0. The maximum atomic E-state index is 13.3. The zero-order valence-corrected chi connectivity index (χ0v) is 17.6. The minimum atomic E-state index is -1.04. The van der Waals surface area contributed by atoms with Gasteiger partial charge in [0.15, 0.2) is 5.60 Å². The van der Waals surface area contributed by atoms with E-state index in [1.165, 1.54) is 0 Å². The van der Waals surface area contributed by atoms with Crippen molar-refractivity contribution in [2.24, 2.45) is 0 Å². The smallest absolute Gasteiger partial charge is 0.254 e. The Balaban J connectivity index is 1.60. The topological polar surface area (TPSA) is 58.6 Å². The van der Waals surface area contributed by atoms with Gasteiger partial charge in [-0.1, -0.05) is 61.5 Å². The Bertz CT molecular complexity index is 894. The molecule has 0 bridgehead atoms. The summed E-state index contributed by atoms with van der Waals surface area (Å²) in [4.78, 5) is 27.7. The second kappa shape index (κ2) is 9.00. The van der Waals surface area contributed by atoms with E-state index < -0.39 is 5.60 Å². The van der Waals surface area contributed by atoms with Crippen LogP contribution in [-0.2, 0) is 20.7 Å². The van der Waals surface area contributed by atoms with Gasteiger partial charge < -0.3 is 15.0 Å². The van der Waals surface area contributed by atoms with Gasteiger partial charge in [0.25, 0.3) is 5.91 Å². The van der Waals surface area contributed by atoms with Gasteiger partial charge in [0.2, 0.25) is 5.91 Å². The molecule has 1 heterocycles. The van der Waals surface area contributed by atoms with Gasteiger partial charge >= 0.3 is 0 Å². The second-order valence-corrected chi connectivity index (χ2v) is 8.40.